The largest absolute Gasteiger partial charge is 0.343 e. The van der Waals surface area contributed by atoms with E-state index in [1.807, 2.05) is 0 Å². The highest BCUT2D eigenvalue weighted by Crippen LogP contribution is 2.25. The number of sulfonamides is 1. The van der Waals surface area contributed by atoms with Crippen molar-refractivity contribution in [2.45, 2.75) is 0 Å². The van der Waals surface area contributed by atoms with E-state index < -0.39 is 21.8 Å². The van der Waals surface area contributed by atoms with Gasteiger partial charge >= 0.3 is 0 Å². The molecular formula is C16H14Cl2N4O4S. The molecule has 0 spiro atoms. The fourth-order valence-corrected chi connectivity index (χ4v) is 3.76. The maximum atomic E-state index is 12.4. The van der Waals surface area contributed by atoms with Crippen LogP contribution in [0.2, 0.25) is 10.0 Å². The molecule has 1 aromatic rings. The van der Waals surface area contributed by atoms with E-state index in [4.69, 9.17) is 23.2 Å². The number of halogens is 2. The van der Waals surface area contributed by atoms with Crippen LogP contribution in [0, 0.1) is 0 Å². The first-order valence-electron chi connectivity index (χ1n) is 7.76. The molecule has 0 atom stereocenters. The molecule has 0 saturated carbocycles. The fourth-order valence-electron chi connectivity index (χ4n) is 2.44. The molecular weight excluding hydrogens is 415 g/mol. The van der Waals surface area contributed by atoms with Crippen LogP contribution in [-0.2, 0) is 19.6 Å². The number of fused-ring (bicyclic) bond motifs is 1. The van der Waals surface area contributed by atoms with Crippen LogP contribution in [-0.4, -0.2) is 49.8 Å². The first-order chi connectivity index (χ1) is 12.7. The number of allylic oxidation sites excluding steroid dienone is 2. The van der Waals surface area contributed by atoms with Crippen molar-refractivity contribution in [2.24, 2.45) is 4.40 Å². The summed E-state index contributed by atoms with van der Waals surface area (Å²) in [7, 11) is -3.62. The molecule has 0 aromatic heterocycles. The Labute approximate surface area is 165 Å². The number of hydrogen-bond donors (Lipinski definition) is 2. The summed E-state index contributed by atoms with van der Waals surface area (Å²) >= 11 is 11.8. The van der Waals surface area contributed by atoms with E-state index in [1.165, 1.54) is 18.2 Å². The van der Waals surface area contributed by atoms with Crippen molar-refractivity contribution < 1.29 is 18.0 Å². The molecule has 2 heterocycles. The van der Waals surface area contributed by atoms with Crippen LogP contribution in [0.5, 0.6) is 0 Å². The fraction of sp³-hybridized carbons (Fsp3) is 0.188. The van der Waals surface area contributed by atoms with Crippen molar-refractivity contribution in [1.82, 2.24) is 10.2 Å². The first-order valence-corrected chi connectivity index (χ1v) is 10.1. The Morgan fingerprint density at radius 3 is 2.81 bits per heavy atom. The number of benzene rings is 1. The number of carbonyl (C=O) groups excluding carboxylic acids is 2. The van der Waals surface area contributed by atoms with Gasteiger partial charge in [0.15, 0.2) is 5.84 Å². The lowest BCUT2D eigenvalue weighted by molar-refractivity contribution is -0.121. The van der Waals surface area contributed by atoms with E-state index in [-0.39, 0.29) is 30.3 Å². The number of rotatable bonds is 4. The maximum Gasteiger partial charge on any atom is 0.256 e. The van der Waals surface area contributed by atoms with Gasteiger partial charge in [0.2, 0.25) is 5.91 Å². The second-order valence-electron chi connectivity index (χ2n) is 5.67. The van der Waals surface area contributed by atoms with Gasteiger partial charge in [0.1, 0.15) is 0 Å². The lowest BCUT2D eigenvalue weighted by atomic mass is 10.1. The van der Waals surface area contributed by atoms with E-state index in [0.29, 0.717) is 15.7 Å². The third kappa shape index (κ3) is 4.68. The van der Waals surface area contributed by atoms with Crippen LogP contribution < -0.4 is 10.6 Å². The number of carbonyl (C=O) groups is 2. The average molecular weight is 429 g/mol. The number of nitrogens with one attached hydrogen (secondary N) is 2. The molecule has 0 unspecified atom stereocenters. The molecule has 2 aliphatic rings. The molecule has 2 aliphatic heterocycles. The Hall–Kier alpha value is -2.36. The highest BCUT2D eigenvalue weighted by atomic mass is 35.5. The van der Waals surface area contributed by atoms with Gasteiger partial charge in [-0.3, -0.25) is 9.59 Å². The van der Waals surface area contributed by atoms with Crippen molar-refractivity contribution in [3.8, 4) is 0 Å². The van der Waals surface area contributed by atoms with E-state index >= 15 is 0 Å². The quantitative estimate of drug-likeness (QED) is 0.755. The normalized spacial score (nSPS) is 17.5. The topological polar surface area (TPSA) is 108 Å². The van der Waals surface area contributed by atoms with Crippen LogP contribution >= 0.6 is 23.2 Å². The van der Waals surface area contributed by atoms with E-state index in [2.05, 4.69) is 15.0 Å². The van der Waals surface area contributed by atoms with Gasteiger partial charge < -0.3 is 15.5 Å². The number of nitrogens with zero attached hydrogens (tertiary/aromatic N) is 2. The Balaban J connectivity index is 1.66. The Kier molecular flexibility index (Phi) is 5.54. The molecule has 0 radical (unpaired) electrons. The van der Waals surface area contributed by atoms with Gasteiger partial charge in [0, 0.05) is 17.8 Å². The summed E-state index contributed by atoms with van der Waals surface area (Å²) < 4.78 is 27.1. The van der Waals surface area contributed by atoms with Crippen molar-refractivity contribution in [1.29, 1.82) is 0 Å². The standard InChI is InChI=1S/C16H14Cl2N4O4S/c17-10-3-4-12(18)13(8-10)20-14(23)9-19-16(24)11-2-1-5-22-6-7-27(25,26)21-15(11)22/h1-5,8H,6-7,9H2,(H,19,24)(H,20,23). The van der Waals surface area contributed by atoms with Gasteiger partial charge in [0.05, 0.1) is 28.6 Å². The highest BCUT2D eigenvalue weighted by Gasteiger charge is 2.30. The predicted octanol–water partition coefficient (Wildman–Crippen LogP) is 1.55. The monoisotopic (exact) mass is 428 g/mol. The molecule has 2 N–H and O–H groups in total. The molecule has 8 nitrogen and oxygen atoms in total. The molecule has 27 heavy (non-hydrogen) atoms. The molecule has 3 rings (SSSR count). The summed E-state index contributed by atoms with van der Waals surface area (Å²) in [6.45, 7) is -0.140. The Bertz CT molecular complexity index is 1000. The lowest BCUT2D eigenvalue weighted by Gasteiger charge is -2.28. The zero-order valence-corrected chi connectivity index (χ0v) is 16.1. The molecule has 0 fully saturated rings. The minimum Gasteiger partial charge on any atom is -0.343 e. The van der Waals surface area contributed by atoms with Crippen LogP contribution in [0.3, 0.4) is 0 Å². The summed E-state index contributed by atoms with van der Waals surface area (Å²) in [5.41, 5.74) is 0.381. The molecule has 0 aliphatic carbocycles. The molecule has 0 saturated heterocycles. The van der Waals surface area contributed by atoms with Crippen molar-refractivity contribution >= 4 is 56.6 Å². The smallest absolute Gasteiger partial charge is 0.256 e. The summed E-state index contributed by atoms with van der Waals surface area (Å²) in [6.07, 6.45) is 4.69. The predicted molar refractivity (Wildman–Crippen MR) is 103 cm³/mol. The zero-order chi connectivity index (χ0) is 19.6. The van der Waals surface area contributed by atoms with Crippen molar-refractivity contribution in [3.63, 3.8) is 0 Å². The van der Waals surface area contributed by atoms with Gasteiger partial charge in [-0.05, 0) is 30.4 Å². The number of amides is 2. The summed E-state index contributed by atoms with van der Waals surface area (Å²) in [5.74, 6) is -1.22. The summed E-state index contributed by atoms with van der Waals surface area (Å²) in [6, 6.07) is 4.60. The lowest BCUT2D eigenvalue weighted by Crippen LogP contribution is -2.43. The van der Waals surface area contributed by atoms with Crippen LogP contribution in [0.1, 0.15) is 0 Å². The Morgan fingerprint density at radius 2 is 2.04 bits per heavy atom. The third-order valence-electron chi connectivity index (χ3n) is 3.71. The summed E-state index contributed by atoms with van der Waals surface area (Å²) in [5, 5.41) is 5.67. The van der Waals surface area contributed by atoms with Crippen molar-refractivity contribution in [3.05, 3.63) is 52.2 Å². The second-order valence-corrected chi connectivity index (χ2v) is 8.27. The van der Waals surface area contributed by atoms with E-state index in [1.54, 1.807) is 23.2 Å². The first kappa shape index (κ1) is 19.4. The maximum absolute atomic E-state index is 12.4. The van der Waals surface area contributed by atoms with E-state index in [9.17, 15) is 18.0 Å². The SMILES string of the molecule is O=C(CNC(=O)C1=CC=CN2CCS(=O)(=O)N=C12)Nc1cc(Cl)ccc1Cl. The number of amidine groups is 1. The third-order valence-corrected chi connectivity index (χ3v) is 5.43. The molecule has 1 aromatic carbocycles. The van der Waals surface area contributed by atoms with Gasteiger partial charge in [-0.25, -0.2) is 8.42 Å². The average Bonchev–Trinajstić information content (AvgIpc) is 2.61. The minimum atomic E-state index is -3.62. The molecule has 0 bridgehead atoms. The highest BCUT2D eigenvalue weighted by molar-refractivity contribution is 7.90. The van der Waals surface area contributed by atoms with Crippen molar-refractivity contribution in [2.75, 3.05) is 24.2 Å². The van der Waals surface area contributed by atoms with Gasteiger partial charge in [0.25, 0.3) is 15.9 Å². The minimum absolute atomic E-state index is 0.0412. The number of hydrogen-bond acceptors (Lipinski definition) is 5. The summed E-state index contributed by atoms with van der Waals surface area (Å²) in [4.78, 5) is 26.0. The van der Waals surface area contributed by atoms with Crippen LogP contribution in [0.15, 0.2) is 46.5 Å². The Morgan fingerprint density at radius 1 is 1.26 bits per heavy atom. The van der Waals surface area contributed by atoms with E-state index in [0.717, 1.165) is 0 Å². The van der Waals surface area contributed by atoms with Crippen LogP contribution in [0.4, 0.5) is 5.69 Å². The zero-order valence-electron chi connectivity index (χ0n) is 13.8. The van der Waals surface area contributed by atoms with Gasteiger partial charge in [-0.15, -0.1) is 4.40 Å². The van der Waals surface area contributed by atoms with Crippen LogP contribution in [0.25, 0.3) is 0 Å². The van der Waals surface area contributed by atoms with Gasteiger partial charge in [-0.2, -0.15) is 0 Å². The van der Waals surface area contributed by atoms with Gasteiger partial charge in [-0.1, -0.05) is 23.2 Å². The molecule has 142 valence electrons. The number of anilines is 1. The molecule has 2 amide bonds. The second kappa shape index (κ2) is 7.71. The molecule has 11 heteroatoms.